The number of esters is 1. The second-order valence-corrected chi connectivity index (χ2v) is 6.50. The summed E-state index contributed by atoms with van der Waals surface area (Å²) in [7, 11) is 1.42. The summed E-state index contributed by atoms with van der Waals surface area (Å²) in [6, 6.07) is 12.7. The van der Waals surface area contributed by atoms with Crippen molar-refractivity contribution in [3.8, 4) is 0 Å². The van der Waals surface area contributed by atoms with Crippen LogP contribution in [0, 0.1) is 0 Å². The largest absolute Gasteiger partial charge is 0.469 e. The highest BCUT2D eigenvalue weighted by Crippen LogP contribution is 2.31. The number of nitrogens with zero attached hydrogens (tertiary/aromatic N) is 1. The molecule has 0 amide bonds. The van der Waals surface area contributed by atoms with Gasteiger partial charge < -0.3 is 19.4 Å². The highest BCUT2D eigenvalue weighted by atomic mass is 16.5. The van der Waals surface area contributed by atoms with Crippen LogP contribution in [0.4, 0.5) is 5.69 Å². The van der Waals surface area contributed by atoms with Crippen molar-refractivity contribution in [2.75, 3.05) is 38.3 Å². The number of aromatic nitrogens is 1. The Kier molecular flexibility index (Phi) is 4.09. The highest BCUT2D eigenvalue weighted by molar-refractivity contribution is 6.08. The standard InChI is InChI=1S/C20H22N2O3/c1-13(20(23)24-2)14-3-5-16-17-12-15(22-7-9-25-10-8-22)4-6-18(17)21-19(16)11-14/h3-6,11-13,21H,7-10H2,1-2H3. The maximum Gasteiger partial charge on any atom is 0.312 e. The molecule has 5 heteroatoms. The van der Waals surface area contributed by atoms with Crippen LogP contribution in [0.25, 0.3) is 21.8 Å². The highest BCUT2D eigenvalue weighted by Gasteiger charge is 2.17. The maximum absolute atomic E-state index is 11.8. The molecule has 4 rings (SSSR count). The van der Waals surface area contributed by atoms with Gasteiger partial charge in [-0.25, -0.2) is 0 Å². The summed E-state index contributed by atoms with van der Waals surface area (Å²) in [5.41, 5.74) is 4.33. The van der Waals surface area contributed by atoms with Crippen molar-refractivity contribution < 1.29 is 14.3 Å². The van der Waals surface area contributed by atoms with E-state index < -0.39 is 0 Å². The molecule has 0 aliphatic carbocycles. The normalized spacial score (nSPS) is 16.3. The van der Waals surface area contributed by atoms with Gasteiger partial charge in [0.1, 0.15) is 0 Å². The third kappa shape index (κ3) is 2.85. The van der Waals surface area contributed by atoms with E-state index in [9.17, 15) is 4.79 Å². The van der Waals surface area contributed by atoms with Gasteiger partial charge in [-0.1, -0.05) is 12.1 Å². The van der Waals surface area contributed by atoms with Crippen LogP contribution in [0.3, 0.4) is 0 Å². The van der Waals surface area contributed by atoms with Gasteiger partial charge in [0.25, 0.3) is 0 Å². The molecule has 130 valence electrons. The van der Waals surface area contributed by atoms with Crippen LogP contribution < -0.4 is 4.90 Å². The van der Waals surface area contributed by atoms with E-state index in [1.807, 2.05) is 19.1 Å². The van der Waals surface area contributed by atoms with Gasteiger partial charge in [0.05, 0.1) is 26.2 Å². The lowest BCUT2D eigenvalue weighted by molar-refractivity contribution is -0.141. The Morgan fingerprint density at radius 2 is 1.92 bits per heavy atom. The molecule has 1 N–H and O–H groups in total. The lowest BCUT2D eigenvalue weighted by atomic mass is 9.99. The number of nitrogens with one attached hydrogen (secondary N) is 1. The first kappa shape index (κ1) is 16.0. The van der Waals surface area contributed by atoms with Gasteiger partial charge in [-0.2, -0.15) is 0 Å². The number of carbonyl (C=O) groups is 1. The fourth-order valence-corrected chi connectivity index (χ4v) is 3.51. The van der Waals surface area contributed by atoms with E-state index in [1.54, 1.807) is 0 Å². The summed E-state index contributed by atoms with van der Waals surface area (Å²) in [6.45, 7) is 5.27. The zero-order chi connectivity index (χ0) is 17.4. The Hall–Kier alpha value is -2.53. The molecule has 2 aromatic carbocycles. The summed E-state index contributed by atoms with van der Waals surface area (Å²) in [5.74, 6) is -0.491. The average Bonchev–Trinajstić information content (AvgIpc) is 3.04. The summed E-state index contributed by atoms with van der Waals surface area (Å²) < 4.78 is 10.3. The molecule has 1 atom stereocenters. The van der Waals surface area contributed by atoms with Crippen molar-refractivity contribution in [3.63, 3.8) is 0 Å². The van der Waals surface area contributed by atoms with Crippen LogP contribution >= 0.6 is 0 Å². The summed E-state index contributed by atoms with van der Waals surface area (Å²) >= 11 is 0. The molecule has 1 unspecified atom stereocenters. The number of benzene rings is 2. The van der Waals surface area contributed by atoms with Crippen molar-refractivity contribution in [1.29, 1.82) is 0 Å². The van der Waals surface area contributed by atoms with Gasteiger partial charge in [-0.05, 0) is 36.8 Å². The zero-order valence-corrected chi connectivity index (χ0v) is 14.5. The molecule has 25 heavy (non-hydrogen) atoms. The minimum atomic E-state index is -0.273. The number of anilines is 1. The van der Waals surface area contributed by atoms with Gasteiger partial charge in [0.2, 0.25) is 0 Å². The zero-order valence-electron chi connectivity index (χ0n) is 14.5. The number of ether oxygens (including phenoxy) is 2. The Morgan fingerprint density at radius 3 is 2.68 bits per heavy atom. The minimum Gasteiger partial charge on any atom is -0.469 e. The molecule has 1 aliphatic rings. The smallest absolute Gasteiger partial charge is 0.312 e. The quantitative estimate of drug-likeness (QED) is 0.744. The minimum absolute atomic E-state index is 0.218. The first-order chi connectivity index (χ1) is 12.2. The topological polar surface area (TPSA) is 54.6 Å². The summed E-state index contributed by atoms with van der Waals surface area (Å²) in [6.07, 6.45) is 0. The number of aromatic amines is 1. The van der Waals surface area contributed by atoms with Gasteiger partial charge in [-0.3, -0.25) is 4.79 Å². The Bertz CT molecular complexity index is 925. The van der Waals surface area contributed by atoms with E-state index in [0.717, 1.165) is 42.9 Å². The summed E-state index contributed by atoms with van der Waals surface area (Å²) in [5, 5.41) is 2.38. The molecule has 0 bridgehead atoms. The molecule has 1 aromatic heterocycles. The molecular formula is C20H22N2O3. The molecule has 2 heterocycles. The lowest BCUT2D eigenvalue weighted by Gasteiger charge is -2.28. The van der Waals surface area contributed by atoms with E-state index in [4.69, 9.17) is 9.47 Å². The predicted molar refractivity (Wildman–Crippen MR) is 99.3 cm³/mol. The Balaban J connectivity index is 1.75. The molecule has 5 nitrogen and oxygen atoms in total. The van der Waals surface area contributed by atoms with E-state index >= 15 is 0 Å². The number of H-pyrrole nitrogens is 1. The summed E-state index contributed by atoms with van der Waals surface area (Å²) in [4.78, 5) is 17.6. The first-order valence-corrected chi connectivity index (χ1v) is 8.63. The fourth-order valence-electron chi connectivity index (χ4n) is 3.51. The van der Waals surface area contributed by atoms with Gasteiger partial charge in [0, 0.05) is 40.6 Å². The van der Waals surface area contributed by atoms with Crippen molar-refractivity contribution in [1.82, 2.24) is 4.98 Å². The Labute approximate surface area is 146 Å². The van der Waals surface area contributed by atoms with E-state index in [-0.39, 0.29) is 11.9 Å². The van der Waals surface area contributed by atoms with Crippen LogP contribution in [0.15, 0.2) is 36.4 Å². The fraction of sp³-hybridized carbons (Fsp3) is 0.350. The van der Waals surface area contributed by atoms with E-state index in [1.165, 1.54) is 23.6 Å². The number of carbonyl (C=O) groups excluding carboxylic acids is 1. The number of methoxy groups -OCH3 is 1. The molecule has 0 spiro atoms. The monoisotopic (exact) mass is 338 g/mol. The maximum atomic E-state index is 11.8. The van der Waals surface area contributed by atoms with Crippen molar-refractivity contribution in [3.05, 3.63) is 42.0 Å². The second-order valence-electron chi connectivity index (χ2n) is 6.50. The Morgan fingerprint density at radius 1 is 1.12 bits per heavy atom. The van der Waals surface area contributed by atoms with Crippen LogP contribution in [-0.2, 0) is 14.3 Å². The third-order valence-corrected chi connectivity index (χ3v) is 5.04. The molecule has 1 aliphatic heterocycles. The second kappa shape index (κ2) is 6.41. The van der Waals surface area contributed by atoms with E-state index in [0.29, 0.717) is 0 Å². The van der Waals surface area contributed by atoms with Crippen molar-refractivity contribution in [2.24, 2.45) is 0 Å². The van der Waals surface area contributed by atoms with Gasteiger partial charge in [0.15, 0.2) is 0 Å². The number of morpholine rings is 1. The average molecular weight is 338 g/mol. The molecule has 3 aromatic rings. The first-order valence-electron chi connectivity index (χ1n) is 8.63. The van der Waals surface area contributed by atoms with Gasteiger partial charge >= 0.3 is 5.97 Å². The number of fused-ring (bicyclic) bond motifs is 3. The third-order valence-electron chi connectivity index (χ3n) is 5.04. The number of hydrogen-bond acceptors (Lipinski definition) is 4. The van der Waals surface area contributed by atoms with Crippen molar-refractivity contribution in [2.45, 2.75) is 12.8 Å². The molecule has 1 fully saturated rings. The van der Waals surface area contributed by atoms with Crippen LogP contribution in [0.2, 0.25) is 0 Å². The molecular weight excluding hydrogens is 316 g/mol. The van der Waals surface area contributed by atoms with Crippen LogP contribution in [-0.4, -0.2) is 44.4 Å². The number of rotatable bonds is 3. The lowest BCUT2D eigenvalue weighted by Crippen LogP contribution is -2.36. The number of hydrogen-bond donors (Lipinski definition) is 1. The van der Waals surface area contributed by atoms with Crippen LogP contribution in [0.5, 0.6) is 0 Å². The molecule has 1 saturated heterocycles. The van der Waals surface area contributed by atoms with Crippen LogP contribution in [0.1, 0.15) is 18.4 Å². The van der Waals surface area contributed by atoms with Gasteiger partial charge in [-0.15, -0.1) is 0 Å². The molecule has 0 radical (unpaired) electrons. The molecule has 0 saturated carbocycles. The van der Waals surface area contributed by atoms with E-state index in [2.05, 4.69) is 34.1 Å². The SMILES string of the molecule is COC(=O)C(C)c1ccc2c(c1)[nH]c1ccc(N3CCOCC3)cc12. The van der Waals surface area contributed by atoms with Crippen molar-refractivity contribution >= 4 is 33.5 Å². The predicted octanol–water partition coefficient (Wildman–Crippen LogP) is 3.43.